The Labute approximate surface area is 160 Å². The van der Waals surface area contributed by atoms with Gasteiger partial charge in [-0.1, -0.05) is 12.1 Å². The van der Waals surface area contributed by atoms with E-state index in [2.05, 4.69) is 9.97 Å². The Morgan fingerprint density at radius 2 is 1.82 bits per heavy atom. The summed E-state index contributed by atoms with van der Waals surface area (Å²) >= 11 is 0. The van der Waals surface area contributed by atoms with Crippen LogP contribution >= 0.6 is 0 Å². The Morgan fingerprint density at radius 3 is 2.46 bits per heavy atom. The average molecular weight is 408 g/mol. The number of halogens is 1. The van der Waals surface area contributed by atoms with Crippen LogP contribution in [0, 0.1) is 5.82 Å². The van der Waals surface area contributed by atoms with Crippen molar-refractivity contribution in [3.63, 3.8) is 0 Å². The molecule has 1 fully saturated rings. The summed E-state index contributed by atoms with van der Waals surface area (Å²) in [4.78, 5) is 32.5. The highest BCUT2D eigenvalue weighted by atomic mass is 32.2. The third-order valence-electron chi connectivity index (χ3n) is 4.14. The average Bonchev–Trinajstić information content (AvgIpc) is 2.72. The van der Waals surface area contributed by atoms with E-state index in [1.165, 1.54) is 41.7 Å². The van der Waals surface area contributed by atoms with Gasteiger partial charge in [0.05, 0.1) is 6.20 Å². The lowest BCUT2D eigenvalue weighted by molar-refractivity contribution is -0.135. The number of hydrogen-bond donors (Lipinski definition) is 0. The largest absolute Gasteiger partial charge is 0.451 e. The number of ether oxygens (including phenoxy) is 1. The van der Waals surface area contributed by atoms with Gasteiger partial charge < -0.3 is 9.64 Å². The van der Waals surface area contributed by atoms with Gasteiger partial charge in [0.15, 0.2) is 12.3 Å². The molecule has 1 aliphatic heterocycles. The van der Waals surface area contributed by atoms with Gasteiger partial charge in [0, 0.05) is 38.6 Å². The SMILES string of the molecule is O=C(OCC(=O)N1CCN(S(=O)(=O)c2ccccc2F)CC1)c1cnccn1. The van der Waals surface area contributed by atoms with Crippen molar-refractivity contribution in [1.82, 2.24) is 19.2 Å². The molecule has 2 heterocycles. The number of amides is 1. The molecule has 0 unspecified atom stereocenters. The maximum atomic E-state index is 13.8. The van der Waals surface area contributed by atoms with Gasteiger partial charge in [-0.05, 0) is 12.1 Å². The first-order valence-electron chi connectivity index (χ1n) is 8.35. The quantitative estimate of drug-likeness (QED) is 0.655. The first kappa shape index (κ1) is 19.8. The minimum Gasteiger partial charge on any atom is -0.451 e. The van der Waals surface area contributed by atoms with Gasteiger partial charge in [0.1, 0.15) is 10.7 Å². The second kappa shape index (κ2) is 8.40. The fourth-order valence-electron chi connectivity index (χ4n) is 2.67. The summed E-state index contributed by atoms with van der Waals surface area (Å²) in [5, 5.41) is 0. The standard InChI is InChI=1S/C17H17FN4O5S/c18-13-3-1-2-4-15(13)28(25,26)22-9-7-21(8-10-22)16(23)12-27-17(24)14-11-19-5-6-20-14/h1-6,11H,7-10,12H2. The molecular weight excluding hydrogens is 391 g/mol. The van der Waals surface area contributed by atoms with Gasteiger partial charge in [-0.25, -0.2) is 22.6 Å². The summed E-state index contributed by atoms with van der Waals surface area (Å²) < 4.78 is 45.0. The van der Waals surface area contributed by atoms with Crippen LogP contribution in [0.3, 0.4) is 0 Å². The van der Waals surface area contributed by atoms with Gasteiger partial charge in [-0.2, -0.15) is 4.31 Å². The lowest BCUT2D eigenvalue weighted by Crippen LogP contribution is -2.51. The lowest BCUT2D eigenvalue weighted by Gasteiger charge is -2.33. The van der Waals surface area contributed by atoms with Gasteiger partial charge in [0.25, 0.3) is 5.91 Å². The molecule has 0 aliphatic carbocycles. The topological polar surface area (TPSA) is 110 Å². The van der Waals surface area contributed by atoms with Gasteiger partial charge in [-0.15, -0.1) is 0 Å². The number of benzene rings is 1. The van der Waals surface area contributed by atoms with E-state index in [1.807, 2.05) is 0 Å². The van der Waals surface area contributed by atoms with E-state index >= 15 is 0 Å². The number of carbonyl (C=O) groups excluding carboxylic acids is 2. The van der Waals surface area contributed by atoms with Crippen molar-refractivity contribution >= 4 is 21.9 Å². The van der Waals surface area contributed by atoms with Crippen molar-refractivity contribution in [1.29, 1.82) is 0 Å². The molecule has 28 heavy (non-hydrogen) atoms. The summed E-state index contributed by atoms with van der Waals surface area (Å²) in [5.41, 5.74) is -0.0175. The highest BCUT2D eigenvalue weighted by Crippen LogP contribution is 2.20. The molecule has 0 spiro atoms. The lowest BCUT2D eigenvalue weighted by atomic mass is 10.3. The van der Waals surface area contributed by atoms with Crippen LogP contribution in [0.25, 0.3) is 0 Å². The molecule has 0 N–H and O–H groups in total. The molecule has 1 aromatic heterocycles. The Hall–Kier alpha value is -2.92. The number of hydrogen-bond acceptors (Lipinski definition) is 7. The molecule has 0 atom stereocenters. The van der Waals surface area contributed by atoms with Crippen LogP contribution in [0.4, 0.5) is 4.39 Å². The zero-order chi connectivity index (χ0) is 20.1. The second-order valence-electron chi connectivity index (χ2n) is 5.88. The molecule has 1 amide bonds. The van der Waals surface area contributed by atoms with Crippen LogP contribution in [0.15, 0.2) is 47.8 Å². The maximum absolute atomic E-state index is 13.8. The van der Waals surface area contributed by atoms with Crippen molar-refractivity contribution < 1.29 is 27.1 Å². The van der Waals surface area contributed by atoms with Crippen LogP contribution in [0.5, 0.6) is 0 Å². The number of piperazine rings is 1. The Kier molecular flexibility index (Phi) is 5.95. The smallest absolute Gasteiger partial charge is 0.359 e. The summed E-state index contributed by atoms with van der Waals surface area (Å²) in [7, 11) is -3.98. The summed E-state index contributed by atoms with van der Waals surface area (Å²) in [5.74, 6) is -2.06. The number of aromatic nitrogens is 2. The van der Waals surface area contributed by atoms with E-state index in [0.717, 1.165) is 10.4 Å². The summed E-state index contributed by atoms with van der Waals surface area (Å²) in [6.07, 6.45) is 3.95. The molecule has 3 rings (SSSR count). The van der Waals surface area contributed by atoms with Crippen LogP contribution in [0.2, 0.25) is 0 Å². The Morgan fingerprint density at radius 1 is 1.11 bits per heavy atom. The first-order valence-corrected chi connectivity index (χ1v) is 9.79. The van der Waals surface area contributed by atoms with Crippen molar-refractivity contribution in [2.24, 2.45) is 0 Å². The minimum absolute atomic E-state index is 0.0144. The number of rotatable bonds is 5. The zero-order valence-electron chi connectivity index (χ0n) is 14.7. The molecule has 9 nitrogen and oxygen atoms in total. The van der Waals surface area contributed by atoms with E-state index in [0.29, 0.717) is 0 Å². The van der Waals surface area contributed by atoms with E-state index in [-0.39, 0.29) is 31.9 Å². The molecule has 0 bridgehead atoms. The second-order valence-corrected chi connectivity index (χ2v) is 7.79. The summed E-state index contributed by atoms with van der Waals surface area (Å²) in [6.45, 7) is -0.249. The number of carbonyl (C=O) groups is 2. The van der Waals surface area contributed by atoms with E-state index in [4.69, 9.17) is 4.74 Å². The fraction of sp³-hybridized carbons (Fsp3) is 0.294. The third kappa shape index (κ3) is 4.31. The number of nitrogens with zero attached hydrogens (tertiary/aromatic N) is 4. The molecule has 148 valence electrons. The molecule has 1 saturated heterocycles. The predicted octanol–water partition coefficient (Wildman–Crippen LogP) is 0.306. The van der Waals surface area contributed by atoms with Crippen molar-refractivity contribution in [2.45, 2.75) is 4.90 Å². The highest BCUT2D eigenvalue weighted by molar-refractivity contribution is 7.89. The molecule has 1 aromatic carbocycles. The molecular formula is C17H17FN4O5S. The van der Waals surface area contributed by atoms with Gasteiger partial charge >= 0.3 is 5.97 Å². The van der Waals surface area contributed by atoms with Crippen molar-refractivity contribution in [3.05, 3.63) is 54.4 Å². The van der Waals surface area contributed by atoms with Crippen LogP contribution in [-0.2, 0) is 19.6 Å². The maximum Gasteiger partial charge on any atom is 0.359 e. The molecule has 0 radical (unpaired) electrons. The van der Waals surface area contributed by atoms with E-state index < -0.39 is 39.2 Å². The minimum atomic E-state index is -3.98. The Balaban J connectivity index is 1.54. The third-order valence-corrected chi connectivity index (χ3v) is 6.08. The summed E-state index contributed by atoms with van der Waals surface area (Å²) in [6, 6.07) is 5.14. The fourth-order valence-corrected chi connectivity index (χ4v) is 4.16. The van der Waals surface area contributed by atoms with Gasteiger partial charge in [-0.3, -0.25) is 9.78 Å². The van der Waals surface area contributed by atoms with Gasteiger partial charge in [0.2, 0.25) is 10.0 Å². The first-order chi connectivity index (χ1) is 13.4. The molecule has 0 saturated carbocycles. The van der Waals surface area contributed by atoms with E-state index in [9.17, 15) is 22.4 Å². The predicted molar refractivity (Wildman–Crippen MR) is 94.1 cm³/mol. The van der Waals surface area contributed by atoms with Crippen LogP contribution < -0.4 is 0 Å². The number of sulfonamides is 1. The van der Waals surface area contributed by atoms with Crippen molar-refractivity contribution in [2.75, 3.05) is 32.8 Å². The molecule has 2 aromatic rings. The molecule has 1 aliphatic rings. The highest BCUT2D eigenvalue weighted by Gasteiger charge is 2.32. The zero-order valence-corrected chi connectivity index (χ0v) is 15.5. The normalized spacial score (nSPS) is 15.2. The van der Waals surface area contributed by atoms with Crippen LogP contribution in [-0.4, -0.2) is 72.3 Å². The van der Waals surface area contributed by atoms with Crippen LogP contribution in [0.1, 0.15) is 10.5 Å². The molecule has 11 heteroatoms. The number of esters is 1. The van der Waals surface area contributed by atoms with Crippen molar-refractivity contribution in [3.8, 4) is 0 Å². The monoisotopic (exact) mass is 408 g/mol. The van der Waals surface area contributed by atoms with E-state index in [1.54, 1.807) is 0 Å². The Bertz CT molecular complexity index is 963.